The number of nitrogens with zero attached hydrogens (tertiary/aromatic N) is 5. The molecule has 138 valence electrons. The molecule has 0 amide bonds. The number of ether oxygens (including phenoxy) is 1. The Balaban J connectivity index is 1.57. The average Bonchev–Trinajstić information content (AvgIpc) is 3.37. The van der Waals surface area contributed by atoms with Crippen LogP contribution in [-0.2, 0) is 21.8 Å². The molecule has 3 aromatic rings. The van der Waals surface area contributed by atoms with E-state index in [2.05, 4.69) is 15.2 Å². The van der Waals surface area contributed by atoms with Crippen molar-refractivity contribution in [1.29, 1.82) is 0 Å². The van der Waals surface area contributed by atoms with E-state index in [0.29, 0.717) is 11.5 Å². The van der Waals surface area contributed by atoms with E-state index >= 15 is 0 Å². The molecule has 26 heavy (non-hydrogen) atoms. The molecule has 4 heterocycles. The zero-order chi connectivity index (χ0) is 18.3. The van der Waals surface area contributed by atoms with E-state index in [9.17, 15) is 8.42 Å². The predicted molar refractivity (Wildman–Crippen MR) is 93.0 cm³/mol. The summed E-state index contributed by atoms with van der Waals surface area (Å²) in [4.78, 5) is 5.44. The standard InChI is InChI=1S/C15H17N5O4S2/c1-10-13(8-16-19(10)2)26(21,22)20-5-6-23-11(9-20)15-17-14(18-24-15)12-4-3-7-25-12/h3-4,7-8,11H,5-6,9H2,1-2H3/t11-/m0/s1. The van der Waals surface area contributed by atoms with Gasteiger partial charge in [-0.3, -0.25) is 4.68 Å². The predicted octanol–water partition coefficient (Wildman–Crippen LogP) is 1.60. The molecule has 0 radical (unpaired) electrons. The second-order valence-electron chi connectivity index (χ2n) is 5.87. The molecule has 0 spiro atoms. The van der Waals surface area contributed by atoms with Crippen LogP contribution in [0.1, 0.15) is 17.7 Å². The zero-order valence-corrected chi connectivity index (χ0v) is 15.8. The number of sulfonamides is 1. The first-order valence-corrected chi connectivity index (χ1v) is 10.3. The molecule has 1 atom stereocenters. The van der Waals surface area contributed by atoms with Gasteiger partial charge < -0.3 is 9.26 Å². The molecule has 0 aromatic carbocycles. The summed E-state index contributed by atoms with van der Waals surface area (Å²) in [6, 6.07) is 3.79. The average molecular weight is 395 g/mol. The van der Waals surface area contributed by atoms with Crippen LogP contribution in [0.25, 0.3) is 10.7 Å². The first-order valence-electron chi connectivity index (χ1n) is 7.94. The topological polar surface area (TPSA) is 103 Å². The maximum atomic E-state index is 12.9. The first-order chi connectivity index (χ1) is 12.5. The quantitative estimate of drug-likeness (QED) is 0.661. The Labute approximate surface area is 154 Å². The van der Waals surface area contributed by atoms with Crippen LogP contribution in [0.4, 0.5) is 0 Å². The number of hydrogen-bond donors (Lipinski definition) is 0. The van der Waals surface area contributed by atoms with Gasteiger partial charge in [0.25, 0.3) is 5.89 Å². The minimum absolute atomic E-state index is 0.114. The van der Waals surface area contributed by atoms with E-state index in [1.54, 1.807) is 14.0 Å². The number of thiophene rings is 1. The fourth-order valence-electron chi connectivity index (χ4n) is 2.74. The summed E-state index contributed by atoms with van der Waals surface area (Å²) < 4.78 is 39.8. The molecule has 1 aliphatic rings. The van der Waals surface area contributed by atoms with Crippen LogP contribution >= 0.6 is 11.3 Å². The highest BCUT2D eigenvalue weighted by atomic mass is 32.2. The van der Waals surface area contributed by atoms with Crippen LogP contribution in [0.3, 0.4) is 0 Å². The lowest BCUT2D eigenvalue weighted by atomic mass is 10.3. The number of aryl methyl sites for hydroxylation is 1. The van der Waals surface area contributed by atoms with Crippen molar-refractivity contribution >= 4 is 21.4 Å². The monoisotopic (exact) mass is 395 g/mol. The summed E-state index contributed by atoms with van der Waals surface area (Å²) in [5, 5.41) is 9.91. The van der Waals surface area contributed by atoms with Crippen molar-refractivity contribution in [3.63, 3.8) is 0 Å². The summed E-state index contributed by atoms with van der Waals surface area (Å²) in [6.45, 7) is 2.35. The van der Waals surface area contributed by atoms with E-state index in [1.807, 2.05) is 17.5 Å². The van der Waals surface area contributed by atoms with Crippen molar-refractivity contribution in [2.45, 2.75) is 17.9 Å². The Morgan fingerprint density at radius 1 is 1.38 bits per heavy atom. The van der Waals surface area contributed by atoms with Gasteiger partial charge in [0.2, 0.25) is 15.8 Å². The van der Waals surface area contributed by atoms with Crippen molar-refractivity contribution in [3.8, 4) is 10.7 Å². The molecule has 0 unspecified atom stereocenters. The Morgan fingerprint density at radius 3 is 2.92 bits per heavy atom. The summed E-state index contributed by atoms with van der Waals surface area (Å²) in [7, 11) is -1.96. The number of morpholine rings is 1. The van der Waals surface area contributed by atoms with Gasteiger partial charge in [-0.15, -0.1) is 11.3 Å². The first kappa shape index (κ1) is 17.3. The third-order valence-corrected chi connectivity index (χ3v) is 7.13. The van der Waals surface area contributed by atoms with Gasteiger partial charge in [0.15, 0.2) is 6.10 Å². The molecule has 4 rings (SSSR count). The van der Waals surface area contributed by atoms with E-state index in [4.69, 9.17) is 9.26 Å². The Kier molecular flexibility index (Phi) is 4.39. The number of aromatic nitrogens is 4. The molecule has 0 N–H and O–H groups in total. The zero-order valence-electron chi connectivity index (χ0n) is 14.2. The summed E-state index contributed by atoms with van der Waals surface area (Å²) in [5.74, 6) is 0.748. The Hall–Kier alpha value is -2.08. The van der Waals surface area contributed by atoms with Gasteiger partial charge in [-0.2, -0.15) is 14.4 Å². The molecule has 1 saturated heterocycles. The lowest BCUT2D eigenvalue weighted by molar-refractivity contribution is -0.0199. The smallest absolute Gasteiger partial charge is 0.257 e. The van der Waals surface area contributed by atoms with Crippen molar-refractivity contribution in [2.75, 3.05) is 19.7 Å². The van der Waals surface area contributed by atoms with Gasteiger partial charge in [0.05, 0.1) is 23.4 Å². The van der Waals surface area contributed by atoms with Crippen LogP contribution < -0.4 is 0 Å². The van der Waals surface area contributed by atoms with Crippen molar-refractivity contribution in [1.82, 2.24) is 24.2 Å². The molecule has 0 saturated carbocycles. The summed E-state index contributed by atoms with van der Waals surface area (Å²) in [5.41, 5.74) is 0.589. The number of rotatable bonds is 4. The minimum Gasteiger partial charge on any atom is -0.366 e. The fraction of sp³-hybridized carbons (Fsp3) is 0.400. The molecule has 3 aromatic heterocycles. The van der Waals surface area contributed by atoms with E-state index in [1.165, 1.54) is 26.5 Å². The number of hydrogen-bond acceptors (Lipinski definition) is 8. The summed E-state index contributed by atoms with van der Waals surface area (Å²) in [6.07, 6.45) is 0.771. The molecule has 9 nitrogen and oxygen atoms in total. The lowest BCUT2D eigenvalue weighted by Gasteiger charge is -2.30. The largest absolute Gasteiger partial charge is 0.366 e. The summed E-state index contributed by atoms with van der Waals surface area (Å²) >= 11 is 1.50. The van der Waals surface area contributed by atoms with Crippen molar-refractivity contribution in [2.24, 2.45) is 7.05 Å². The van der Waals surface area contributed by atoms with Crippen LogP contribution in [0, 0.1) is 6.92 Å². The lowest BCUT2D eigenvalue weighted by Crippen LogP contribution is -2.42. The highest BCUT2D eigenvalue weighted by Gasteiger charge is 2.35. The van der Waals surface area contributed by atoms with Crippen LogP contribution in [0.15, 0.2) is 33.1 Å². The molecule has 1 aliphatic heterocycles. The second-order valence-corrected chi connectivity index (χ2v) is 8.73. The third kappa shape index (κ3) is 2.96. The third-order valence-electron chi connectivity index (χ3n) is 4.30. The molecule has 0 bridgehead atoms. The SMILES string of the molecule is Cc1c(S(=O)(=O)N2CCO[C@H](c3nc(-c4cccs4)no3)C2)cnn1C. The van der Waals surface area contributed by atoms with Crippen molar-refractivity contribution < 1.29 is 17.7 Å². The van der Waals surface area contributed by atoms with Gasteiger partial charge >= 0.3 is 0 Å². The Bertz CT molecular complexity index is 1010. The normalized spacial score (nSPS) is 19.1. The molecular weight excluding hydrogens is 378 g/mol. The second kappa shape index (κ2) is 6.58. The van der Waals surface area contributed by atoms with E-state index in [-0.39, 0.29) is 30.5 Å². The van der Waals surface area contributed by atoms with Crippen LogP contribution in [0.5, 0.6) is 0 Å². The van der Waals surface area contributed by atoms with Gasteiger partial charge in [-0.25, -0.2) is 8.42 Å². The highest BCUT2D eigenvalue weighted by molar-refractivity contribution is 7.89. The van der Waals surface area contributed by atoms with Gasteiger partial charge in [-0.1, -0.05) is 11.2 Å². The minimum atomic E-state index is -3.67. The highest BCUT2D eigenvalue weighted by Crippen LogP contribution is 2.29. The van der Waals surface area contributed by atoms with Crippen LogP contribution in [-0.4, -0.2) is 52.3 Å². The molecular formula is C15H17N5O4S2. The molecule has 1 fully saturated rings. The maximum Gasteiger partial charge on any atom is 0.257 e. The van der Waals surface area contributed by atoms with Crippen LogP contribution in [0.2, 0.25) is 0 Å². The van der Waals surface area contributed by atoms with Crippen molar-refractivity contribution in [3.05, 3.63) is 35.3 Å². The molecule has 0 aliphatic carbocycles. The van der Waals surface area contributed by atoms with E-state index in [0.717, 1.165) is 4.88 Å². The van der Waals surface area contributed by atoms with Gasteiger partial charge in [-0.05, 0) is 18.4 Å². The maximum absolute atomic E-state index is 12.9. The fourth-order valence-corrected chi connectivity index (χ4v) is 5.00. The van der Waals surface area contributed by atoms with Gasteiger partial charge in [0, 0.05) is 20.1 Å². The van der Waals surface area contributed by atoms with Gasteiger partial charge in [0.1, 0.15) is 4.90 Å². The van der Waals surface area contributed by atoms with E-state index < -0.39 is 16.1 Å². The molecule has 11 heteroatoms. The Morgan fingerprint density at radius 2 is 2.23 bits per heavy atom.